The Kier molecular flexibility index (Phi) is 6.03. The first-order valence-electron chi connectivity index (χ1n) is 5.60. The van der Waals surface area contributed by atoms with Gasteiger partial charge in [-0.15, -0.1) is 0 Å². The maximum Gasteiger partial charge on any atom is 0.425 e. The zero-order valence-corrected chi connectivity index (χ0v) is 12.2. The molecule has 0 radical (unpaired) electrons. The van der Waals surface area contributed by atoms with Crippen LogP contribution >= 0.6 is 23.8 Å². The third kappa shape index (κ3) is 5.64. The molecule has 21 heavy (non-hydrogen) atoms. The minimum Gasteiger partial charge on any atom is -0.449 e. The van der Waals surface area contributed by atoms with E-state index in [1.54, 1.807) is 6.92 Å². The smallest absolute Gasteiger partial charge is 0.425 e. The third-order valence-corrected chi connectivity index (χ3v) is 2.53. The second-order valence-corrected chi connectivity index (χ2v) is 4.46. The molecule has 1 aromatic rings. The van der Waals surface area contributed by atoms with Crippen molar-refractivity contribution in [3.05, 3.63) is 28.8 Å². The van der Waals surface area contributed by atoms with Crippen LogP contribution in [0, 0.1) is 0 Å². The summed E-state index contributed by atoms with van der Waals surface area (Å²) in [5, 5.41) is 2.01. The van der Waals surface area contributed by atoms with E-state index in [0.29, 0.717) is 0 Å². The Morgan fingerprint density at radius 3 is 2.62 bits per heavy atom. The number of benzene rings is 1. The molecule has 0 fully saturated rings. The maximum atomic E-state index is 12.8. The highest BCUT2D eigenvalue weighted by Gasteiger charge is 2.34. The van der Waals surface area contributed by atoms with E-state index in [-0.39, 0.29) is 22.4 Å². The molecule has 0 aliphatic carbocycles. The highest BCUT2D eigenvalue weighted by molar-refractivity contribution is 7.80. The number of rotatable bonds is 2. The van der Waals surface area contributed by atoms with Crippen LogP contribution in [-0.2, 0) is 10.9 Å². The first kappa shape index (κ1) is 17.3. The molecule has 10 heteroatoms. The largest absolute Gasteiger partial charge is 0.449 e. The van der Waals surface area contributed by atoms with Crippen molar-refractivity contribution in [2.45, 2.75) is 13.1 Å². The van der Waals surface area contributed by atoms with E-state index in [1.807, 2.05) is 0 Å². The van der Waals surface area contributed by atoms with Crippen LogP contribution in [0.1, 0.15) is 12.5 Å². The predicted molar refractivity (Wildman–Crippen MR) is 76.0 cm³/mol. The van der Waals surface area contributed by atoms with Crippen LogP contribution in [0.15, 0.2) is 18.2 Å². The fraction of sp³-hybridized carbons (Fsp3) is 0.273. The summed E-state index contributed by atoms with van der Waals surface area (Å²) < 4.78 is 43.1. The third-order valence-electron chi connectivity index (χ3n) is 2.09. The number of ether oxygens (including phenoxy) is 1. The molecule has 0 atom stereocenters. The topological polar surface area (TPSA) is 62.4 Å². The zero-order valence-electron chi connectivity index (χ0n) is 10.7. The summed E-state index contributed by atoms with van der Waals surface area (Å²) in [7, 11) is 0. The molecule has 0 unspecified atom stereocenters. The van der Waals surface area contributed by atoms with Gasteiger partial charge >= 0.3 is 12.3 Å². The van der Waals surface area contributed by atoms with Gasteiger partial charge in [-0.05, 0) is 37.3 Å². The Morgan fingerprint density at radius 2 is 2.05 bits per heavy atom. The Bertz CT molecular complexity index is 540. The van der Waals surface area contributed by atoms with Gasteiger partial charge in [-0.25, -0.2) is 10.2 Å². The molecule has 0 saturated carbocycles. The molecule has 0 aromatic heterocycles. The second-order valence-electron chi connectivity index (χ2n) is 3.61. The van der Waals surface area contributed by atoms with E-state index in [2.05, 4.69) is 20.9 Å². The van der Waals surface area contributed by atoms with E-state index >= 15 is 0 Å². The van der Waals surface area contributed by atoms with Gasteiger partial charge in [-0.1, -0.05) is 11.6 Å². The maximum absolute atomic E-state index is 12.8. The fourth-order valence-corrected chi connectivity index (χ4v) is 1.62. The van der Waals surface area contributed by atoms with Gasteiger partial charge in [0.2, 0.25) is 0 Å². The normalized spacial score (nSPS) is 10.7. The minimum absolute atomic E-state index is 0.0589. The lowest BCUT2D eigenvalue weighted by molar-refractivity contribution is -0.136. The number of anilines is 1. The van der Waals surface area contributed by atoms with Crippen LogP contribution in [-0.4, -0.2) is 17.8 Å². The highest BCUT2D eigenvalue weighted by atomic mass is 35.5. The molecule has 0 heterocycles. The van der Waals surface area contributed by atoms with E-state index in [4.69, 9.17) is 23.8 Å². The highest BCUT2D eigenvalue weighted by Crippen LogP contribution is 2.36. The summed E-state index contributed by atoms with van der Waals surface area (Å²) in [5.41, 5.74) is 2.98. The van der Waals surface area contributed by atoms with Crippen molar-refractivity contribution in [1.29, 1.82) is 0 Å². The number of hydrogen-bond donors (Lipinski definition) is 3. The number of nitrogens with one attached hydrogen (secondary N) is 3. The standard InChI is InChI=1S/C11H11ClF3N3O2S/c1-2-20-10(19)18-17-9(21)16-8-4-3-6(12)5-7(8)11(13,14)15/h3-5H,2H2,1H3,(H,18,19)(H2,16,17,21). The summed E-state index contributed by atoms with van der Waals surface area (Å²) in [6.07, 6.45) is -5.41. The van der Waals surface area contributed by atoms with Crippen LogP contribution in [0.25, 0.3) is 0 Å². The van der Waals surface area contributed by atoms with Crippen molar-refractivity contribution in [3.63, 3.8) is 0 Å². The van der Waals surface area contributed by atoms with Gasteiger partial charge in [-0.2, -0.15) is 13.2 Å². The zero-order chi connectivity index (χ0) is 16.0. The number of thiocarbonyl (C=S) groups is 1. The van der Waals surface area contributed by atoms with Crippen LogP contribution in [0.2, 0.25) is 5.02 Å². The van der Waals surface area contributed by atoms with Crippen LogP contribution < -0.4 is 16.2 Å². The molecule has 1 aromatic carbocycles. The van der Waals surface area contributed by atoms with E-state index in [9.17, 15) is 18.0 Å². The number of hydrogen-bond acceptors (Lipinski definition) is 3. The average molecular weight is 342 g/mol. The molecule has 0 aliphatic heterocycles. The van der Waals surface area contributed by atoms with Crippen LogP contribution in [0.3, 0.4) is 0 Å². The molecule has 1 rings (SSSR count). The summed E-state index contributed by atoms with van der Waals surface area (Å²) in [6.45, 7) is 1.74. The fourth-order valence-electron chi connectivity index (χ4n) is 1.29. The Balaban J connectivity index is 2.74. The number of hydrazine groups is 1. The monoisotopic (exact) mass is 341 g/mol. The second kappa shape index (κ2) is 7.32. The van der Waals surface area contributed by atoms with E-state index in [1.165, 1.54) is 6.07 Å². The van der Waals surface area contributed by atoms with Gasteiger partial charge in [0, 0.05) is 5.02 Å². The number of carbonyl (C=O) groups is 1. The first-order chi connectivity index (χ1) is 9.74. The van der Waals surface area contributed by atoms with Crippen molar-refractivity contribution in [1.82, 2.24) is 10.9 Å². The molecule has 0 aliphatic rings. The van der Waals surface area contributed by atoms with Crippen molar-refractivity contribution < 1.29 is 22.7 Å². The van der Waals surface area contributed by atoms with E-state index in [0.717, 1.165) is 12.1 Å². The summed E-state index contributed by atoms with van der Waals surface area (Å²) >= 11 is 10.3. The lowest BCUT2D eigenvalue weighted by atomic mass is 10.1. The molecule has 116 valence electrons. The molecular weight excluding hydrogens is 331 g/mol. The van der Waals surface area contributed by atoms with Crippen molar-refractivity contribution >= 4 is 40.7 Å². The number of alkyl halides is 3. The number of carbonyl (C=O) groups excluding carboxylic acids is 1. The number of amides is 1. The Morgan fingerprint density at radius 1 is 1.38 bits per heavy atom. The SMILES string of the molecule is CCOC(=O)NNC(=S)Nc1ccc(Cl)cc1C(F)(F)F. The van der Waals surface area contributed by atoms with Gasteiger partial charge in [0.1, 0.15) is 0 Å². The lowest BCUT2D eigenvalue weighted by Crippen LogP contribution is -2.44. The molecule has 0 bridgehead atoms. The van der Waals surface area contributed by atoms with Crippen LogP contribution in [0.4, 0.5) is 23.7 Å². The van der Waals surface area contributed by atoms with E-state index < -0.39 is 17.8 Å². The first-order valence-corrected chi connectivity index (χ1v) is 6.39. The van der Waals surface area contributed by atoms with Crippen molar-refractivity contribution in [2.24, 2.45) is 0 Å². The van der Waals surface area contributed by atoms with Gasteiger partial charge in [-0.3, -0.25) is 5.43 Å². The van der Waals surface area contributed by atoms with Crippen molar-refractivity contribution in [3.8, 4) is 0 Å². The van der Waals surface area contributed by atoms with Gasteiger partial charge in [0.15, 0.2) is 5.11 Å². The minimum atomic E-state index is -4.60. The van der Waals surface area contributed by atoms with Gasteiger partial charge in [0.05, 0.1) is 17.9 Å². The molecule has 5 nitrogen and oxygen atoms in total. The number of halogens is 4. The van der Waals surface area contributed by atoms with Gasteiger partial charge in [0.25, 0.3) is 0 Å². The quantitative estimate of drug-likeness (QED) is 0.569. The molecule has 0 saturated heterocycles. The summed E-state index contributed by atoms with van der Waals surface area (Å²) in [4.78, 5) is 11.0. The Labute approximate surface area is 128 Å². The lowest BCUT2D eigenvalue weighted by Gasteiger charge is -2.16. The average Bonchev–Trinajstić information content (AvgIpc) is 2.38. The van der Waals surface area contributed by atoms with Crippen molar-refractivity contribution in [2.75, 3.05) is 11.9 Å². The predicted octanol–water partition coefficient (Wildman–Crippen LogP) is 3.31. The molecule has 1 amide bonds. The summed E-state index contributed by atoms with van der Waals surface area (Å²) in [6, 6.07) is 3.18. The summed E-state index contributed by atoms with van der Waals surface area (Å²) in [5.74, 6) is 0. The van der Waals surface area contributed by atoms with Gasteiger partial charge < -0.3 is 10.1 Å². The Hall–Kier alpha value is -1.74. The molecule has 3 N–H and O–H groups in total. The molecular formula is C11H11ClF3N3O2S. The van der Waals surface area contributed by atoms with Crippen LogP contribution in [0.5, 0.6) is 0 Å². The molecule has 0 spiro atoms.